The molecule has 11 heteroatoms. The second-order valence-electron chi connectivity index (χ2n) is 7.96. The highest BCUT2D eigenvalue weighted by atomic mass is 35.5. The number of aromatic nitrogens is 2. The summed E-state index contributed by atoms with van der Waals surface area (Å²) in [5.41, 5.74) is 0.401. The van der Waals surface area contributed by atoms with Gasteiger partial charge in [0.2, 0.25) is 5.91 Å². The Morgan fingerprint density at radius 3 is 2.76 bits per heavy atom. The number of H-pyrrole nitrogens is 1. The number of carbonyl (C=O) groups is 2. The molecule has 0 radical (unpaired) electrons. The van der Waals surface area contributed by atoms with Crippen molar-refractivity contribution in [3.8, 4) is 0 Å². The molecule has 0 unspecified atom stereocenters. The third kappa shape index (κ3) is 5.27. The molecule has 0 saturated carbocycles. The van der Waals surface area contributed by atoms with Crippen LogP contribution >= 0.6 is 11.6 Å². The van der Waals surface area contributed by atoms with Crippen molar-refractivity contribution in [1.82, 2.24) is 20.2 Å². The van der Waals surface area contributed by atoms with Crippen LogP contribution in [-0.4, -0.2) is 51.7 Å². The van der Waals surface area contributed by atoms with E-state index in [-0.39, 0.29) is 37.1 Å². The first kappa shape index (κ1) is 23.0. The normalized spacial score (nSPS) is 16.6. The average molecular weight is 483 g/mol. The number of benzene rings is 1. The Bertz CT molecular complexity index is 1220. The van der Waals surface area contributed by atoms with Crippen molar-refractivity contribution in [2.75, 3.05) is 13.1 Å². The van der Waals surface area contributed by atoms with Crippen molar-refractivity contribution < 1.29 is 27.2 Å². The third-order valence-electron chi connectivity index (χ3n) is 5.43. The van der Waals surface area contributed by atoms with E-state index >= 15 is 0 Å². The molecule has 2 aromatic heterocycles. The van der Waals surface area contributed by atoms with Gasteiger partial charge in [-0.25, -0.2) is 22.5 Å². The third-order valence-corrected chi connectivity index (χ3v) is 5.64. The number of alkyl halides is 2. The summed E-state index contributed by atoms with van der Waals surface area (Å²) in [7, 11) is 0. The number of carbonyl (C=O) groups excluding carboxylic acids is 2. The maximum absolute atomic E-state index is 14.3. The second kappa shape index (κ2) is 9.01. The molecule has 0 bridgehead atoms. The molecule has 0 spiro atoms. The SMILES string of the molecule is O=C(N[C@@H](Cc1ccc(F)cc1F)C(=O)N1CCCC(F)(F)C1)c1cc2cc(Cl)cnc2[nH]1. The number of rotatable bonds is 5. The number of aromatic amines is 1. The van der Waals surface area contributed by atoms with Crippen LogP contribution in [0.4, 0.5) is 17.6 Å². The molecule has 0 aliphatic carbocycles. The zero-order valence-corrected chi connectivity index (χ0v) is 17.9. The van der Waals surface area contributed by atoms with Gasteiger partial charge in [-0.15, -0.1) is 0 Å². The molecule has 4 rings (SSSR count). The van der Waals surface area contributed by atoms with Crippen molar-refractivity contribution in [1.29, 1.82) is 0 Å². The van der Waals surface area contributed by atoms with E-state index in [1.54, 1.807) is 6.07 Å². The first-order valence-electron chi connectivity index (χ1n) is 10.2. The number of likely N-dealkylation sites (tertiary alicyclic amines) is 1. The zero-order chi connectivity index (χ0) is 23.8. The van der Waals surface area contributed by atoms with E-state index in [1.165, 1.54) is 12.3 Å². The van der Waals surface area contributed by atoms with Crippen LogP contribution in [0.5, 0.6) is 0 Å². The van der Waals surface area contributed by atoms with Gasteiger partial charge in [-0.2, -0.15) is 0 Å². The second-order valence-corrected chi connectivity index (χ2v) is 8.40. The molecule has 1 aromatic carbocycles. The first-order valence-corrected chi connectivity index (χ1v) is 10.5. The van der Waals surface area contributed by atoms with Crippen molar-refractivity contribution in [3.05, 3.63) is 64.4 Å². The fourth-order valence-electron chi connectivity index (χ4n) is 3.83. The van der Waals surface area contributed by atoms with Crippen LogP contribution in [0, 0.1) is 11.6 Å². The molecule has 1 aliphatic rings. The number of amides is 2. The highest BCUT2D eigenvalue weighted by Gasteiger charge is 2.39. The molecule has 1 fully saturated rings. The van der Waals surface area contributed by atoms with Gasteiger partial charge in [0.1, 0.15) is 29.0 Å². The Hall–Kier alpha value is -3.14. The van der Waals surface area contributed by atoms with E-state index < -0.39 is 42.0 Å². The maximum Gasteiger partial charge on any atom is 0.268 e. The predicted molar refractivity (Wildman–Crippen MR) is 113 cm³/mol. The van der Waals surface area contributed by atoms with Gasteiger partial charge in [-0.1, -0.05) is 17.7 Å². The molecule has 174 valence electrons. The van der Waals surface area contributed by atoms with E-state index in [9.17, 15) is 27.2 Å². The molecule has 1 saturated heterocycles. The topological polar surface area (TPSA) is 78.1 Å². The standard InChI is InChI=1S/C22H19ClF4N4O2/c23-14-6-13-8-17(29-19(13)28-10-14)20(32)30-18(7-12-2-3-15(24)9-16(12)25)21(33)31-5-1-4-22(26,27)11-31/h2-3,6,8-10,18H,1,4-5,7,11H2,(H,28,29)(H,30,32)/t18-/m0/s1. The summed E-state index contributed by atoms with van der Waals surface area (Å²) in [5.74, 6) is -6.25. The zero-order valence-electron chi connectivity index (χ0n) is 17.2. The summed E-state index contributed by atoms with van der Waals surface area (Å²) in [4.78, 5) is 33.8. The fourth-order valence-corrected chi connectivity index (χ4v) is 3.99. The van der Waals surface area contributed by atoms with Crippen molar-refractivity contribution in [2.24, 2.45) is 0 Å². The van der Waals surface area contributed by atoms with Crippen LogP contribution in [0.1, 0.15) is 28.9 Å². The molecular weight excluding hydrogens is 464 g/mol. The Morgan fingerprint density at radius 2 is 2.03 bits per heavy atom. The minimum absolute atomic E-state index is 0.0380. The molecule has 33 heavy (non-hydrogen) atoms. The molecule has 1 atom stereocenters. The summed E-state index contributed by atoms with van der Waals surface area (Å²) >= 11 is 5.91. The summed E-state index contributed by atoms with van der Waals surface area (Å²) in [5, 5.41) is 3.41. The molecule has 3 aromatic rings. The Morgan fingerprint density at radius 1 is 1.24 bits per heavy atom. The van der Waals surface area contributed by atoms with Gasteiger partial charge in [0.15, 0.2) is 0 Å². The first-order chi connectivity index (χ1) is 15.6. The minimum atomic E-state index is -3.05. The molecule has 2 N–H and O–H groups in total. The quantitative estimate of drug-likeness (QED) is 0.538. The van der Waals surface area contributed by atoms with E-state index in [2.05, 4.69) is 15.3 Å². The number of pyridine rings is 1. The number of nitrogens with one attached hydrogen (secondary N) is 2. The molecule has 1 aliphatic heterocycles. The number of piperidine rings is 1. The van der Waals surface area contributed by atoms with Gasteiger partial charge < -0.3 is 15.2 Å². The Balaban J connectivity index is 1.60. The minimum Gasteiger partial charge on any atom is -0.339 e. The number of hydrogen-bond acceptors (Lipinski definition) is 3. The van der Waals surface area contributed by atoms with Crippen LogP contribution in [0.15, 0.2) is 36.5 Å². The van der Waals surface area contributed by atoms with Gasteiger partial charge in [0.05, 0.1) is 11.6 Å². The average Bonchev–Trinajstić information content (AvgIpc) is 3.17. The van der Waals surface area contributed by atoms with Crippen molar-refractivity contribution in [2.45, 2.75) is 31.2 Å². The van der Waals surface area contributed by atoms with E-state index in [1.807, 2.05) is 0 Å². The monoisotopic (exact) mass is 482 g/mol. The lowest BCUT2D eigenvalue weighted by Crippen LogP contribution is -2.54. The van der Waals surface area contributed by atoms with Gasteiger partial charge in [-0.05, 0) is 30.2 Å². The molecule has 2 amide bonds. The van der Waals surface area contributed by atoms with Gasteiger partial charge in [-0.3, -0.25) is 9.59 Å². The summed E-state index contributed by atoms with van der Waals surface area (Å²) in [6, 6.07) is 4.53. The summed E-state index contributed by atoms with van der Waals surface area (Å²) in [6.07, 6.45) is 0.801. The number of nitrogens with zero attached hydrogens (tertiary/aromatic N) is 2. The lowest BCUT2D eigenvalue weighted by molar-refractivity contribution is -0.143. The van der Waals surface area contributed by atoms with Gasteiger partial charge >= 0.3 is 0 Å². The van der Waals surface area contributed by atoms with Gasteiger partial charge in [0, 0.05) is 37.0 Å². The van der Waals surface area contributed by atoms with Crippen LogP contribution in [0.25, 0.3) is 11.0 Å². The van der Waals surface area contributed by atoms with Crippen LogP contribution in [0.2, 0.25) is 5.02 Å². The molecule has 6 nitrogen and oxygen atoms in total. The van der Waals surface area contributed by atoms with Gasteiger partial charge in [0.25, 0.3) is 11.8 Å². The number of fused-ring (bicyclic) bond motifs is 1. The highest BCUT2D eigenvalue weighted by molar-refractivity contribution is 6.31. The lowest BCUT2D eigenvalue weighted by Gasteiger charge is -2.35. The highest BCUT2D eigenvalue weighted by Crippen LogP contribution is 2.27. The van der Waals surface area contributed by atoms with E-state index in [4.69, 9.17) is 11.6 Å². The molecular formula is C22H19ClF4N4O2. The van der Waals surface area contributed by atoms with E-state index in [0.29, 0.717) is 22.1 Å². The van der Waals surface area contributed by atoms with Crippen LogP contribution in [-0.2, 0) is 11.2 Å². The predicted octanol–water partition coefficient (Wildman–Crippen LogP) is 4.09. The van der Waals surface area contributed by atoms with Crippen molar-refractivity contribution >= 4 is 34.4 Å². The largest absolute Gasteiger partial charge is 0.339 e. The van der Waals surface area contributed by atoms with Crippen LogP contribution < -0.4 is 5.32 Å². The van der Waals surface area contributed by atoms with Crippen LogP contribution in [0.3, 0.4) is 0 Å². The smallest absolute Gasteiger partial charge is 0.268 e. The maximum atomic E-state index is 14.3. The Kier molecular flexibility index (Phi) is 6.29. The Labute approximate surface area is 190 Å². The number of hydrogen-bond donors (Lipinski definition) is 2. The number of halogens is 5. The lowest BCUT2D eigenvalue weighted by atomic mass is 10.0. The van der Waals surface area contributed by atoms with Crippen molar-refractivity contribution in [3.63, 3.8) is 0 Å². The molecule has 3 heterocycles. The van der Waals surface area contributed by atoms with E-state index in [0.717, 1.165) is 17.0 Å². The summed E-state index contributed by atoms with van der Waals surface area (Å²) in [6.45, 7) is -0.708. The fraction of sp³-hybridized carbons (Fsp3) is 0.318. The summed E-state index contributed by atoms with van der Waals surface area (Å²) < 4.78 is 55.3.